The third kappa shape index (κ3) is 2.90. The molecule has 0 saturated carbocycles. The van der Waals surface area contributed by atoms with E-state index in [1.807, 2.05) is 36.4 Å². The molecule has 4 heteroatoms. The fraction of sp³-hybridized carbons (Fsp3) is 0.235. The molecule has 21 heavy (non-hydrogen) atoms. The summed E-state index contributed by atoms with van der Waals surface area (Å²) in [6.07, 6.45) is 1.69. The number of benzene rings is 1. The van der Waals surface area contributed by atoms with Crippen LogP contribution >= 0.6 is 0 Å². The molecule has 0 fully saturated rings. The Morgan fingerprint density at radius 3 is 2.86 bits per heavy atom. The summed E-state index contributed by atoms with van der Waals surface area (Å²) >= 11 is 0. The SMILES string of the molecule is COc1cccc2ccc(CN[C@@H](C)c3ccco3)nc12. The summed E-state index contributed by atoms with van der Waals surface area (Å²) < 4.78 is 10.8. The topological polar surface area (TPSA) is 47.3 Å². The summed E-state index contributed by atoms with van der Waals surface area (Å²) in [5.74, 6) is 1.72. The first-order valence-electron chi connectivity index (χ1n) is 6.97. The van der Waals surface area contributed by atoms with Crippen LogP contribution < -0.4 is 10.1 Å². The molecule has 0 aliphatic heterocycles. The molecule has 1 N–H and O–H groups in total. The first-order valence-corrected chi connectivity index (χ1v) is 6.97. The summed E-state index contributed by atoms with van der Waals surface area (Å²) in [6.45, 7) is 2.75. The number of fused-ring (bicyclic) bond motifs is 1. The highest BCUT2D eigenvalue weighted by Gasteiger charge is 2.09. The lowest BCUT2D eigenvalue weighted by Crippen LogP contribution is -2.18. The van der Waals surface area contributed by atoms with Crippen molar-refractivity contribution >= 4 is 10.9 Å². The number of ether oxygens (including phenoxy) is 1. The molecule has 2 aromatic heterocycles. The van der Waals surface area contributed by atoms with Gasteiger partial charge in [0.1, 0.15) is 17.0 Å². The molecule has 0 bridgehead atoms. The second-order valence-electron chi connectivity index (χ2n) is 4.95. The number of aromatic nitrogens is 1. The zero-order valence-corrected chi connectivity index (χ0v) is 12.2. The van der Waals surface area contributed by atoms with Crippen LogP contribution in [0.4, 0.5) is 0 Å². The number of furan rings is 1. The van der Waals surface area contributed by atoms with Crippen LogP contribution in [-0.2, 0) is 6.54 Å². The fourth-order valence-corrected chi connectivity index (χ4v) is 2.32. The van der Waals surface area contributed by atoms with Crippen molar-refractivity contribution < 1.29 is 9.15 Å². The van der Waals surface area contributed by atoms with Crippen molar-refractivity contribution in [2.45, 2.75) is 19.5 Å². The summed E-state index contributed by atoms with van der Waals surface area (Å²) in [7, 11) is 1.67. The molecule has 2 heterocycles. The maximum Gasteiger partial charge on any atom is 0.145 e. The molecular formula is C17H18N2O2. The van der Waals surface area contributed by atoms with Crippen molar-refractivity contribution in [3.8, 4) is 5.75 Å². The Balaban J connectivity index is 1.78. The first kappa shape index (κ1) is 13.6. The van der Waals surface area contributed by atoms with Crippen LogP contribution in [-0.4, -0.2) is 12.1 Å². The van der Waals surface area contributed by atoms with Gasteiger partial charge in [0.2, 0.25) is 0 Å². The maximum atomic E-state index is 5.39. The number of nitrogens with one attached hydrogen (secondary N) is 1. The van der Waals surface area contributed by atoms with E-state index in [0.717, 1.165) is 28.1 Å². The monoisotopic (exact) mass is 282 g/mol. The molecule has 4 nitrogen and oxygen atoms in total. The Kier molecular flexibility index (Phi) is 3.88. The van der Waals surface area contributed by atoms with Gasteiger partial charge in [-0.25, -0.2) is 4.98 Å². The van der Waals surface area contributed by atoms with Gasteiger partial charge in [0, 0.05) is 11.9 Å². The highest BCUT2D eigenvalue weighted by atomic mass is 16.5. The van der Waals surface area contributed by atoms with Crippen molar-refractivity contribution in [3.63, 3.8) is 0 Å². The largest absolute Gasteiger partial charge is 0.494 e. The zero-order chi connectivity index (χ0) is 14.7. The standard InChI is InChI=1S/C17H18N2O2/c1-12(15-7-4-10-21-15)18-11-14-9-8-13-5-3-6-16(20-2)17(13)19-14/h3-10,12,18H,11H2,1-2H3/t12-/m0/s1. The van der Waals surface area contributed by atoms with Gasteiger partial charge in [-0.1, -0.05) is 18.2 Å². The fourth-order valence-electron chi connectivity index (χ4n) is 2.32. The molecule has 3 rings (SSSR count). The molecule has 0 aliphatic carbocycles. The Morgan fingerprint density at radius 2 is 2.10 bits per heavy atom. The van der Waals surface area contributed by atoms with Gasteiger partial charge in [-0.05, 0) is 31.2 Å². The maximum absolute atomic E-state index is 5.39. The minimum atomic E-state index is 0.148. The summed E-state index contributed by atoms with van der Waals surface area (Å²) in [5, 5.41) is 4.49. The minimum Gasteiger partial charge on any atom is -0.494 e. The number of nitrogens with zero attached hydrogens (tertiary/aromatic N) is 1. The van der Waals surface area contributed by atoms with Gasteiger partial charge < -0.3 is 14.5 Å². The summed E-state index contributed by atoms with van der Waals surface area (Å²) in [6, 6.07) is 14.0. The Bertz CT molecular complexity index is 723. The van der Waals surface area contributed by atoms with E-state index in [4.69, 9.17) is 9.15 Å². The molecule has 0 unspecified atom stereocenters. The first-order chi connectivity index (χ1) is 10.3. The van der Waals surface area contributed by atoms with Crippen LogP contribution in [0.2, 0.25) is 0 Å². The lowest BCUT2D eigenvalue weighted by Gasteiger charge is -2.12. The van der Waals surface area contributed by atoms with Crippen LogP contribution in [0.3, 0.4) is 0 Å². The van der Waals surface area contributed by atoms with Crippen LogP contribution in [0.5, 0.6) is 5.75 Å². The lowest BCUT2D eigenvalue weighted by atomic mass is 10.2. The Labute approximate surface area is 123 Å². The van der Waals surface area contributed by atoms with E-state index in [1.54, 1.807) is 13.4 Å². The minimum absolute atomic E-state index is 0.148. The average Bonchev–Trinajstić information content (AvgIpc) is 3.06. The number of hydrogen-bond acceptors (Lipinski definition) is 4. The van der Waals surface area contributed by atoms with Gasteiger partial charge >= 0.3 is 0 Å². The molecule has 108 valence electrons. The second kappa shape index (κ2) is 5.97. The van der Waals surface area contributed by atoms with Gasteiger partial charge in [-0.15, -0.1) is 0 Å². The number of methoxy groups -OCH3 is 1. The van der Waals surface area contributed by atoms with E-state index >= 15 is 0 Å². The highest BCUT2D eigenvalue weighted by Crippen LogP contribution is 2.23. The van der Waals surface area contributed by atoms with Crippen molar-refractivity contribution in [1.82, 2.24) is 10.3 Å². The molecule has 1 aromatic carbocycles. The Morgan fingerprint density at radius 1 is 1.19 bits per heavy atom. The van der Waals surface area contributed by atoms with Gasteiger partial charge in [0.15, 0.2) is 0 Å². The van der Waals surface area contributed by atoms with E-state index in [1.165, 1.54) is 0 Å². The van der Waals surface area contributed by atoms with Crippen molar-refractivity contribution in [2.24, 2.45) is 0 Å². The van der Waals surface area contributed by atoms with Crippen molar-refractivity contribution in [2.75, 3.05) is 7.11 Å². The quantitative estimate of drug-likeness (QED) is 0.775. The van der Waals surface area contributed by atoms with Crippen LogP contribution in [0.25, 0.3) is 10.9 Å². The third-order valence-electron chi connectivity index (χ3n) is 3.52. The third-order valence-corrected chi connectivity index (χ3v) is 3.52. The van der Waals surface area contributed by atoms with E-state index < -0.39 is 0 Å². The predicted octanol–water partition coefficient (Wildman–Crippen LogP) is 3.69. The van der Waals surface area contributed by atoms with Gasteiger partial charge in [-0.3, -0.25) is 0 Å². The molecule has 3 aromatic rings. The van der Waals surface area contributed by atoms with E-state index in [9.17, 15) is 0 Å². The normalized spacial score (nSPS) is 12.5. The molecule has 0 amide bonds. The highest BCUT2D eigenvalue weighted by molar-refractivity contribution is 5.84. The van der Waals surface area contributed by atoms with Gasteiger partial charge in [0.25, 0.3) is 0 Å². The lowest BCUT2D eigenvalue weighted by molar-refractivity contribution is 0.418. The summed E-state index contributed by atoms with van der Waals surface area (Å²) in [4.78, 5) is 4.68. The number of pyridine rings is 1. The second-order valence-corrected chi connectivity index (χ2v) is 4.95. The smallest absolute Gasteiger partial charge is 0.145 e. The van der Waals surface area contributed by atoms with Crippen molar-refractivity contribution in [3.05, 3.63) is 60.2 Å². The van der Waals surface area contributed by atoms with Crippen molar-refractivity contribution in [1.29, 1.82) is 0 Å². The number of rotatable bonds is 5. The average molecular weight is 282 g/mol. The van der Waals surface area contributed by atoms with Gasteiger partial charge in [0.05, 0.1) is 25.1 Å². The van der Waals surface area contributed by atoms with Crippen LogP contribution in [0.15, 0.2) is 53.1 Å². The molecule has 0 aliphatic rings. The van der Waals surface area contributed by atoms with E-state index in [2.05, 4.69) is 23.3 Å². The van der Waals surface area contributed by atoms with E-state index in [0.29, 0.717) is 6.54 Å². The van der Waals surface area contributed by atoms with Crippen LogP contribution in [0.1, 0.15) is 24.4 Å². The van der Waals surface area contributed by atoms with Crippen LogP contribution in [0, 0.1) is 0 Å². The van der Waals surface area contributed by atoms with Gasteiger partial charge in [-0.2, -0.15) is 0 Å². The molecular weight excluding hydrogens is 264 g/mol. The zero-order valence-electron chi connectivity index (χ0n) is 12.2. The molecule has 0 saturated heterocycles. The predicted molar refractivity (Wildman–Crippen MR) is 82.3 cm³/mol. The van der Waals surface area contributed by atoms with E-state index in [-0.39, 0.29) is 6.04 Å². The number of hydrogen-bond donors (Lipinski definition) is 1. The molecule has 1 atom stereocenters. The molecule has 0 spiro atoms. The molecule has 0 radical (unpaired) electrons. The summed E-state index contributed by atoms with van der Waals surface area (Å²) in [5.41, 5.74) is 1.87. The number of para-hydroxylation sites is 1. The Hall–Kier alpha value is -2.33.